The van der Waals surface area contributed by atoms with Gasteiger partial charge in [-0.2, -0.15) is 0 Å². The van der Waals surface area contributed by atoms with E-state index in [4.69, 9.17) is 4.74 Å². The van der Waals surface area contributed by atoms with Crippen molar-refractivity contribution in [2.45, 2.75) is 6.92 Å². The minimum atomic E-state index is -0.359. The minimum Gasteiger partial charge on any atom is -0.463 e. The van der Waals surface area contributed by atoms with Crippen LogP contribution in [0.4, 0.5) is 0 Å². The molecule has 26 heavy (non-hydrogen) atoms. The van der Waals surface area contributed by atoms with Gasteiger partial charge in [-0.15, -0.1) is 0 Å². The van der Waals surface area contributed by atoms with Crippen molar-refractivity contribution in [1.82, 2.24) is 0 Å². The molecule has 0 aromatic heterocycles. The second-order valence-corrected chi connectivity index (χ2v) is 5.24. The number of benzene rings is 3. The number of carbonyl (C=O) groups is 1. The molecule has 0 atom stereocenters. The largest absolute Gasteiger partial charge is 0.463 e. The fourth-order valence-electron chi connectivity index (χ4n) is 2.07. The van der Waals surface area contributed by atoms with Crippen molar-refractivity contribution in [2.24, 2.45) is 0 Å². The van der Waals surface area contributed by atoms with Crippen LogP contribution in [0.1, 0.15) is 6.92 Å². The number of hydrogen-bond donors (Lipinski definition) is 0. The lowest BCUT2D eigenvalue weighted by Crippen LogP contribution is -1.97. The lowest BCUT2D eigenvalue weighted by molar-refractivity contribution is -0.137. The van der Waals surface area contributed by atoms with Crippen LogP contribution in [0.3, 0.4) is 0 Å². The molecular formula is C23H22O3. The molecule has 3 aromatic carbocycles. The summed E-state index contributed by atoms with van der Waals surface area (Å²) < 4.78 is 9.37. The molecule has 0 fully saturated rings. The first-order valence-electron chi connectivity index (χ1n) is 8.41. The van der Waals surface area contributed by atoms with E-state index < -0.39 is 0 Å². The van der Waals surface area contributed by atoms with Gasteiger partial charge in [-0.05, 0) is 30.2 Å². The van der Waals surface area contributed by atoms with Crippen LogP contribution >= 0.6 is 0 Å². The molecule has 0 saturated heterocycles. The predicted molar refractivity (Wildman–Crippen MR) is 105 cm³/mol. The summed E-state index contributed by atoms with van der Waals surface area (Å²) in [4.78, 5) is 10.1. The predicted octanol–water partition coefficient (Wildman–Crippen LogP) is 5.88. The van der Waals surface area contributed by atoms with E-state index in [9.17, 15) is 4.79 Å². The fraction of sp³-hybridized carbons (Fsp3) is 0.0870. The molecule has 0 unspecified atom stereocenters. The van der Waals surface area contributed by atoms with Crippen molar-refractivity contribution in [3.05, 3.63) is 97.6 Å². The summed E-state index contributed by atoms with van der Waals surface area (Å²) in [6, 6.07) is 28.6. The second kappa shape index (κ2) is 10.5. The molecule has 1 heterocycles. The molecule has 0 aliphatic carbocycles. The number of para-hydroxylation sites is 2. The maximum atomic E-state index is 10.1. The van der Waals surface area contributed by atoms with E-state index in [1.54, 1.807) is 6.92 Å². The Hall–Kier alpha value is -3.33. The van der Waals surface area contributed by atoms with Crippen molar-refractivity contribution in [3.8, 4) is 22.6 Å². The molecule has 0 amide bonds. The first-order chi connectivity index (χ1) is 12.7. The zero-order valence-corrected chi connectivity index (χ0v) is 14.8. The molecule has 3 heteroatoms. The molecule has 0 N–H and O–H groups in total. The summed E-state index contributed by atoms with van der Waals surface area (Å²) in [5, 5.41) is 0. The van der Waals surface area contributed by atoms with Crippen LogP contribution < -0.4 is 4.74 Å². The van der Waals surface area contributed by atoms with E-state index in [-0.39, 0.29) is 5.97 Å². The van der Waals surface area contributed by atoms with Gasteiger partial charge in [0.25, 0.3) is 0 Å². The highest BCUT2D eigenvalue weighted by atomic mass is 16.6. The van der Waals surface area contributed by atoms with E-state index >= 15 is 0 Å². The summed E-state index contributed by atoms with van der Waals surface area (Å²) in [6.07, 6.45) is 1.14. The van der Waals surface area contributed by atoms with E-state index in [0.29, 0.717) is 6.61 Å². The van der Waals surface area contributed by atoms with Crippen LogP contribution in [0.5, 0.6) is 11.5 Å². The third-order valence-electron chi connectivity index (χ3n) is 3.36. The Morgan fingerprint density at radius 1 is 0.846 bits per heavy atom. The van der Waals surface area contributed by atoms with E-state index in [0.717, 1.165) is 17.6 Å². The molecule has 132 valence electrons. The van der Waals surface area contributed by atoms with Gasteiger partial charge in [-0.3, -0.25) is 0 Å². The smallest absolute Gasteiger partial charge is 0.330 e. The molecule has 3 aromatic rings. The SMILES string of the molecule is C=CC(=O)OCC.c1ccc(-c2ccccc2)cc1.c1ccc2c(c1)O2. The highest BCUT2D eigenvalue weighted by Gasteiger charge is 2.15. The molecule has 1 aliphatic heterocycles. The standard InChI is InChI=1S/C12H10.C6H4O.C5H8O2/c1-3-7-11(8-4-1)12-9-5-2-6-10-12;1-2-4-6-5(3-1)7-6;1-3-5(6)7-4-2/h1-10H;1-4H;3H,1,4H2,2H3. The average Bonchev–Trinajstić information content (AvgIpc) is 3.50. The van der Waals surface area contributed by atoms with Crippen molar-refractivity contribution in [2.75, 3.05) is 6.61 Å². The van der Waals surface area contributed by atoms with Crippen LogP contribution in [-0.4, -0.2) is 12.6 Å². The maximum Gasteiger partial charge on any atom is 0.330 e. The number of hydrogen-bond acceptors (Lipinski definition) is 3. The van der Waals surface area contributed by atoms with Crippen molar-refractivity contribution in [3.63, 3.8) is 0 Å². The van der Waals surface area contributed by atoms with Crippen molar-refractivity contribution >= 4 is 5.97 Å². The maximum absolute atomic E-state index is 10.1. The summed E-state index contributed by atoms with van der Waals surface area (Å²) >= 11 is 0. The third-order valence-corrected chi connectivity index (χ3v) is 3.36. The summed E-state index contributed by atoms with van der Waals surface area (Å²) in [5.41, 5.74) is 2.55. The van der Waals surface area contributed by atoms with Gasteiger partial charge in [-0.1, -0.05) is 79.4 Å². The van der Waals surface area contributed by atoms with Gasteiger partial charge in [0.05, 0.1) is 6.61 Å². The van der Waals surface area contributed by atoms with Gasteiger partial charge in [0.15, 0.2) is 11.5 Å². The van der Waals surface area contributed by atoms with Crippen LogP contribution in [0.2, 0.25) is 0 Å². The highest BCUT2D eigenvalue weighted by molar-refractivity contribution is 5.81. The molecule has 0 bridgehead atoms. The number of fused-ring (bicyclic) bond motifs is 1. The molecule has 1 aliphatic rings. The van der Waals surface area contributed by atoms with Gasteiger partial charge in [0.1, 0.15) is 0 Å². The summed E-state index contributed by atoms with van der Waals surface area (Å²) in [6.45, 7) is 5.38. The fourth-order valence-corrected chi connectivity index (χ4v) is 2.07. The van der Waals surface area contributed by atoms with E-state index in [1.807, 2.05) is 36.4 Å². The van der Waals surface area contributed by atoms with Crippen molar-refractivity contribution in [1.29, 1.82) is 0 Å². The Balaban J connectivity index is 0.000000150. The van der Waals surface area contributed by atoms with Crippen LogP contribution in [0.25, 0.3) is 11.1 Å². The average molecular weight is 346 g/mol. The van der Waals surface area contributed by atoms with E-state index in [1.165, 1.54) is 11.1 Å². The van der Waals surface area contributed by atoms with Crippen molar-refractivity contribution < 1.29 is 14.3 Å². The topological polar surface area (TPSA) is 38.8 Å². The van der Waals surface area contributed by atoms with Crippen LogP contribution in [-0.2, 0) is 9.53 Å². The van der Waals surface area contributed by atoms with Gasteiger partial charge < -0.3 is 9.47 Å². The zero-order valence-electron chi connectivity index (χ0n) is 14.8. The Morgan fingerprint density at radius 2 is 1.27 bits per heavy atom. The molecule has 4 rings (SSSR count). The molecule has 3 nitrogen and oxygen atoms in total. The molecule has 0 saturated carbocycles. The Kier molecular flexibility index (Phi) is 7.69. The molecule has 0 radical (unpaired) electrons. The first kappa shape index (κ1) is 19.0. The number of rotatable bonds is 3. The third kappa shape index (κ3) is 6.65. The van der Waals surface area contributed by atoms with Crippen LogP contribution in [0, 0.1) is 0 Å². The number of ether oxygens (including phenoxy) is 2. The Labute approximate surface area is 154 Å². The second-order valence-electron chi connectivity index (χ2n) is 5.24. The van der Waals surface area contributed by atoms with Gasteiger partial charge in [0, 0.05) is 6.08 Å². The van der Waals surface area contributed by atoms with Crippen LogP contribution in [0.15, 0.2) is 97.6 Å². The minimum absolute atomic E-state index is 0.359. The summed E-state index contributed by atoms with van der Waals surface area (Å²) in [5.74, 6) is 1.70. The molecular weight excluding hydrogens is 324 g/mol. The number of carbonyl (C=O) groups excluding carboxylic acids is 1. The Morgan fingerprint density at radius 3 is 1.58 bits per heavy atom. The lowest BCUT2D eigenvalue weighted by Gasteiger charge is -1.98. The Bertz CT molecular complexity index is 753. The quantitative estimate of drug-likeness (QED) is 0.264. The van der Waals surface area contributed by atoms with Gasteiger partial charge in [-0.25, -0.2) is 4.79 Å². The number of esters is 1. The van der Waals surface area contributed by atoms with E-state index in [2.05, 4.69) is 59.8 Å². The summed E-state index contributed by atoms with van der Waals surface area (Å²) in [7, 11) is 0. The van der Waals surface area contributed by atoms with Gasteiger partial charge in [0.2, 0.25) is 0 Å². The van der Waals surface area contributed by atoms with Gasteiger partial charge >= 0.3 is 5.97 Å². The first-order valence-corrected chi connectivity index (χ1v) is 8.41. The zero-order chi connectivity index (χ0) is 18.6. The monoisotopic (exact) mass is 346 g/mol. The normalized spacial score (nSPS) is 9.73. The highest BCUT2D eigenvalue weighted by Crippen LogP contribution is 2.43. The molecule has 0 spiro atoms. The lowest BCUT2D eigenvalue weighted by atomic mass is 10.1.